The van der Waals surface area contributed by atoms with Crippen LogP contribution in [-0.2, 0) is 16.6 Å². The second-order valence-corrected chi connectivity index (χ2v) is 6.95. The molecule has 0 fully saturated rings. The molecule has 2 heterocycles. The SMILES string of the molecule is CNS(=O)(=O)c1ccc(CNc2ccc3ncc([N+](=O)[O-])n3n2)cc1. The Morgan fingerprint density at radius 3 is 2.56 bits per heavy atom. The Morgan fingerprint density at radius 2 is 1.92 bits per heavy atom. The first-order chi connectivity index (χ1) is 11.9. The minimum atomic E-state index is -3.47. The average molecular weight is 362 g/mol. The summed E-state index contributed by atoms with van der Waals surface area (Å²) in [5.41, 5.74) is 1.20. The van der Waals surface area contributed by atoms with Gasteiger partial charge in [-0.1, -0.05) is 21.7 Å². The van der Waals surface area contributed by atoms with Gasteiger partial charge in [-0.3, -0.25) is 0 Å². The van der Waals surface area contributed by atoms with Crippen molar-refractivity contribution in [3.8, 4) is 0 Å². The molecule has 2 N–H and O–H groups in total. The number of nitro groups is 1. The molecule has 0 aliphatic heterocycles. The van der Waals surface area contributed by atoms with Crippen LogP contribution in [0.15, 0.2) is 47.5 Å². The Labute approximate surface area is 142 Å². The molecule has 10 nitrogen and oxygen atoms in total. The lowest BCUT2D eigenvalue weighted by molar-refractivity contribution is -0.391. The first kappa shape index (κ1) is 16.8. The van der Waals surface area contributed by atoms with Gasteiger partial charge in [0.05, 0.1) is 4.90 Å². The van der Waals surface area contributed by atoms with Crippen molar-refractivity contribution < 1.29 is 13.3 Å². The lowest BCUT2D eigenvalue weighted by Crippen LogP contribution is -2.18. The summed E-state index contributed by atoms with van der Waals surface area (Å²) in [6.45, 7) is 0.376. The monoisotopic (exact) mass is 362 g/mol. The van der Waals surface area contributed by atoms with Crippen LogP contribution in [0.1, 0.15) is 5.56 Å². The second-order valence-electron chi connectivity index (χ2n) is 5.07. The van der Waals surface area contributed by atoms with Crippen molar-refractivity contribution in [1.29, 1.82) is 0 Å². The number of nitrogens with zero attached hydrogens (tertiary/aromatic N) is 4. The minimum Gasteiger partial charge on any atom is -0.363 e. The van der Waals surface area contributed by atoms with E-state index in [1.807, 2.05) is 0 Å². The van der Waals surface area contributed by atoms with Gasteiger partial charge in [0.15, 0.2) is 5.82 Å². The number of anilines is 1. The van der Waals surface area contributed by atoms with Crippen LogP contribution in [0.5, 0.6) is 0 Å². The Bertz CT molecular complexity index is 1030. The summed E-state index contributed by atoms with van der Waals surface area (Å²) < 4.78 is 26.7. The molecule has 0 saturated carbocycles. The Morgan fingerprint density at radius 1 is 1.20 bits per heavy atom. The Hall–Kier alpha value is -3.05. The number of aromatic nitrogens is 3. The first-order valence-electron chi connectivity index (χ1n) is 7.16. The van der Waals surface area contributed by atoms with Gasteiger partial charge in [-0.2, -0.15) is 0 Å². The molecule has 0 radical (unpaired) electrons. The molecular weight excluding hydrogens is 348 g/mol. The smallest absolute Gasteiger partial charge is 0.363 e. The molecule has 1 aromatic carbocycles. The van der Waals surface area contributed by atoms with E-state index in [4.69, 9.17) is 0 Å². The van der Waals surface area contributed by atoms with Crippen molar-refractivity contribution in [2.45, 2.75) is 11.4 Å². The maximum Gasteiger partial charge on any atom is 0.368 e. The molecule has 0 aliphatic carbocycles. The Kier molecular flexibility index (Phi) is 4.33. The fourth-order valence-electron chi connectivity index (χ4n) is 2.18. The van der Waals surface area contributed by atoms with Gasteiger partial charge < -0.3 is 15.4 Å². The number of fused-ring (bicyclic) bond motifs is 1. The molecular formula is C14H14N6O4S. The lowest BCUT2D eigenvalue weighted by atomic mass is 10.2. The molecule has 3 rings (SSSR count). The molecule has 11 heteroatoms. The maximum absolute atomic E-state index is 11.7. The zero-order valence-corrected chi connectivity index (χ0v) is 13.9. The molecule has 0 bridgehead atoms. The largest absolute Gasteiger partial charge is 0.368 e. The number of benzene rings is 1. The normalized spacial score (nSPS) is 11.6. The zero-order chi connectivity index (χ0) is 18.0. The molecule has 0 aliphatic rings. The summed E-state index contributed by atoms with van der Waals surface area (Å²) in [5.74, 6) is 0.209. The third kappa shape index (κ3) is 3.41. The van der Waals surface area contributed by atoms with Crippen LogP contribution in [0, 0.1) is 10.1 Å². The van der Waals surface area contributed by atoms with Crippen LogP contribution >= 0.6 is 0 Å². The maximum atomic E-state index is 11.7. The van der Waals surface area contributed by atoms with E-state index in [2.05, 4.69) is 20.1 Å². The number of imidazole rings is 1. The summed E-state index contributed by atoms with van der Waals surface area (Å²) in [6.07, 6.45) is 1.15. The highest BCUT2D eigenvalue weighted by Crippen LogP contribution is 2.16. The fraction of sp³-hybridized carbons (Fsp3) is 0.143. The fourth-order valence-corrected chi connectivity index (χ4v) is 2.91. The number of sulfonamides is 1. The van der Waals surface area contributed by atoms with E-state index in [0.717, 1.165) is 16.3 Å². The van der Waals surface area contributed by atoms with E-state index in [1.165, 1.54) is 19.2 Å². The van der Waals surface area contributed by atoms with Crippen molar-refractivity contribution in [2.24, 2.45) is 0 Å². The number of hydrogen-bond donors (Lipinski definition) is 2. The van der Waals surface area contributed by atoms with Crippen LogP contribution in [0.25, 0.3) is 5.65 Å². The second kappa shape index (κ2) is 6.45. The molecule has 3 aromatic rings. The summed E-state index contributed by atoms with van der Waals surface area (Å²) in [7, 11) is -2.12. The van der Waals surface area contributed by atoms with Crippen molar-refractivity contribution in [1.82, 2.24) is 19.3 Å². The third-order valence-electron chi connectivity index (χ3n) is 3.51. The highest BCUT2D eigenvalue weighted by atomic mass is 32.2. The summed E-state index contributed by atoms with van der Waals surface area (Å²) in [5, 5.41) is 18.1. The van der Waals surface area contributed by atoms with Crippen LogP contribution < -0.4 is 10.0 Å². The highest BCUT2D eigenvalue weighted by molar-refractivity contribution is 7.89. The Balaban J connectivity index is 1.76. The third-order valence-corrected chi connectivity index (χ3v) is 4.94. The predicted molar refractivity (Wildman–Crippen MR) is 89.7 cm³/mol. The molecule has 0 amide bonds. The quantitative estimate of drug-likeness (QED) is 0.497. The summed E-state index contributed by atoms with van der Waals surface area (Å²) in [6, 6.07) is 9.63. The van der Waals surface area contributed by atoms with Gasteiger partial charge in [0.1, 0.15) is 6.20 Å². The summed E-state index contributed by atoms with van der Waals surface area (Å²) >= 11 is 0. The standard InChI is InChI=1S/C14H14N6O4S/c1-15-25(23,24)11-4-2-10(3-5-11)8-16-12-6-7-13-17-9-14(20(21)22)19(13)18-12/h2-7,9,15H,8H2,1H3,(H,16,18). The number of nitrogens with one attached hydrogen (secondary N) is 2. The molecule has 130 valence electrons. The molecule has 0 unspecified atom stereocenters. The first-order valence-corrected chi connectivity index (χ1v) is 8.64. The molecule has 2 aromatic heterocycles. The minimum absolute atomic E-state index is 0.173. The topological polar surface area (TPSA) is 132 Å². The van der Waals surface area contributed by atoms with Crippen molar-refractivity contribution >= 4 is 27.3 Å². The molecule has 0 spiro atoms. The molecule has 0 atom stereocenters. The van der Waals surface area contributed by atoms with Crippen molar-refractivity contribution in [2.75, 3.05) is 12.4 Å². The van der Waals surface area contributed by atoms with E-state index in [0.29, 0.717) is 18.0 Å². The van der Waals surface area contributed by atoms with Crippen molar-refractivity contribution in [3.63, 3.8) is 0 Å². The predicted octanol–water partition coefficient (Wildman–Crippen LogP) is 1.16. The number of rotatable bonds is 6. The average Bonchev–Trinajstić information content (AvgIpc) is 3.03. The van der Waals surface area contributed by atoms with E-state index in [9.17, 15) is 18.5 Å². The van der Waals surface area contributed by atoms with Crippen LogP contribution in [0.2, 0.25) is 0 Å². The van der Waals surface area contributed by atoms with Gasteiger partial charge in [0.25, 0.3) is 0 Å². The van der Waals surface area contributed by atoms with Gasteiger partial charge in [0.2, 0.25) is 15.7 Å². The zero-order valence-electron chi connectivity index (χ0n) is 13.1. The summed E-state index contributed by atoms with van der Waals surface area (Å²) in [4.78, 5) is 14.5. The van der Waals surface area contributed by atoms with Gasteiger partial charge in [-0.15, -0.1) is 0 Å². The van der Waals surface area contributed by atoms with E-state index >= 15 is 0 Å². The highest BCUT2D eigenvalue weighted by Gasteiger charge is 2.16. The van der Waals surface area contributed by atoms with Gasteiger partial charge in [-0.05, 0) is 35.7 Å². The van der Waals surface area contributed by atoms with Crippen LogP contribution in [0.3, 0.4) is 0 Å². The van der Waals surface area contributed by atoms with E-state index in [-0.39, 0.29) is 10.7 Å². The van der Waals surface area contributed by atoms with Crippen LogP contribution in [-0.4, -0.2) is 35.0 Å². The van der Waals surface area contributed by atoms with Gasteiger partial charge in [-0.25, -0.2) is 18.1 Å². The lowest BCUT2D eigenvalue weighted by Gasteiger charge is -2.06. The number of hydrogen-bond acceptors (Lipinski definition) is 7. The van der Waals surface area contributed by atoms with E-state index in [1.54, 1.807) is 24.3 Å². The van der Waals surface area contributed by atoms with Crippen molar-refractivity contribution in [3.05, 3.63) is 58.3 Å². The van der Waals surface area contributed by atoms with Gasteiger partial charge in [0, 0.05) is 12.6 Å². The molecule has 25 heavy (non-hydrogen) atoms. The van der Waals surface area contributed by atoms with Crippen LogP contribution in [0.4, 0.5) is 11.6 Å². The molecule has 0 saturated heterocycles. The van der Waals surface area contributed by atoms with E-state index < -0.39 is 14.9 Å². The van der Waals surface area contributed by atoms with Gasteiger partial charge >= 0.3 is 5.82 Å².